The second kappa shape index (κ2) is 8.44. The lowest BCUT2D eigenvalue weighted by molar-refractivity contribution is -0.105. The molecule has 3 nitrogen and oxygen atoms in total. The number of hydrogen-bond acceptors (Lipinski definition) is 3. The van der Waals surface area contributed by atoms with Crippen LogP contribution in [0, 0.1) is 12.7 Å². The Kier molecular flexibility index (Phi) is 6.52. The number of aromatic carboxylic acids is 1. The molecule has 0 radical (unpaired) electrons. The summed E-state index contributed by atoms with van der Waals surface area (Å²) in [5.41, 5.74) is 1.63. The predicted octanol–water partition coefficient (Wildman–Crippen LogP) is 5.14. The molecule has 140 valence electrons. The second-order valence-electron chi connectivity index (χ2n) is 5.68. The van der Waals surface area contributed by atoms with Gasteiger partial charge in [0.2, 0.25) is 0 Å². The normalized spacial score (nSPS) is 11.4. The van der Waals surface area contributed by atoms with Crippen molar-refractivity contribution in [2.24, 2.45) is 0 Å². The number of anilines is 1. The van der Waals surface area contributed by atoms with Crippen LogP contribution in [-0.2, 0) is 6.42 Å². The summed E-state index contributed by atoms with van der Waals surface area (Å²) in [5.74, 6) is -2.57. The van der Waals surface area contributed by atoms with Gasteiger partial charge in [0.25, 0.3) is 0 Å². The van der Waals surface area contributed by atoms with Crippen molar-refractivity contribution < 1.29 is 27.5 Å². The van der Waals surface area contributed by atoms with Crippen LogP contribution in [0.5, 0.6) is 0 Å². The molecule has 2 rings (SSSR count). The Morgan fingerprint density at radius 1 is 1.19 bits per heavy atom. The fourth-order valence-corrected chi connectivity index (χ4v) is 3.07. The van der Waals surface area contributed by atoms with Gasteiger partial charge in [0.1, 0.15) is 5.82 Å². The molecule has 0 aliphatic rings. The average molecular weight is 387 g/mol. The lowest BCUT2D eigenvalue weighted by Crippen LogP contribution is -2.11. The van der Waals surface area contributed by atoms with Crippen LogP contribution in [0.2, 0.25) is 0 Å². The highest BCUT2D eigenvalue weighted by atomic mass is 32.2. The number of carbonyl (C=O) groups is 1. The van der Waals surface area contributed by atoms with E-state index in [-0.39, 0.29) is 11.3 Å². The Bertz CT molecular complexity index is 776. The third kappa shape index (κ3) is 5.94. The number of carboxylic acid groups (broad SMARTS) is 1. The number of carboxylic acids is 1. The molecule has 0 aliphatic carbocycles. The first-order chi connectivity index (χ1) is 12.2. The van der Waals surface area contributed by atoms with Gasteiger partial charge < -0.3 is 10.4 Å². The molecule has 0 fully saturated rings. The van der Waals surface area contributed by atoms with E-state index in [0.717, 1.165) is 5.56 Å². The van der Waals surface area contributed by atoms with Crippen molar-refractivity contribution in [3.63, 3.8) is 0 Å². The van der Waals surface area contributed by atoms with Gasteiger partial charge >= 0.3 is 12.1 Å². The van der Waals surface area contributed by atoms with E-state index >= 15 is 0 Å². The zero-order valence-corrected chi connectivity index (χ0v) is 14.7. The summed E-state index contributed by atoms with van der Waals surface area (Å²) < 4.78 is 51.1. The maximum Gasteiger partial charge on any atom is 0.398 e. The third-order valence-corrected chi connectivity index (χ3v) is 4.81. The van der Waals surface area contributed by atoms with Crippen molar-refractivity contribution >= 4 is 23.4 Å². The summed E-state index contributed by atoms with van der Waals surface area (Å²) in [6, 6.07) is 8.89. The highest BCUT2D eigenvalue weighted by molar-refractivity contribution is 7.99. The molecule has 2 N–H and O–H groups in total. The molecule has 0 aromatic heterocycles. The van der Waals surface area contributed by atoms with E-state index in [2.05, 4.69) is 5.32 Å². The van der Waals surface area contributed by atoms with Crippen LogP contribution >= 0.6 is 11.8 Å². The molecule has 26 heavy (non-hydrogen) atoms. The summed E-state index contributed by atoms with van der Waals surface area (Å²) in [5, 5.41) is 11.7. The molecule has 0 aliphatic heterocycles. The molecule has 0 saturated carbocycles. The fourth-order valence-electron chi connectivity index (χ4n) is 2.26. The van der Waals surface area contributed by atoms with Crippen molar-refractivity contribution in [3.05, 3.63) is 58.9 Å². The number of benzene rings is 2. The van der Waals surface area contributed by atoms with Gasteiger partial charge in [-0.3, -0.25) is 0 Å². The molecule has 0 atom stereocenters. The van der Waals surface area contributed by atoms with Crippen LogP contribution in [0.4, 0.5) is 23.2 Å². The SMILES string of the molecule is Cc1cc(F)c(NCCc2ccc(C(=O)O)cc2)cc1SCC(F)(F)F. The van der Waals surface area contributed by atoms with Crippen LogP contribution in [0.15, 0.2) is 41.3 Å². The quantitative estimate of drug-likeness (QED) is 0.510. The first-order valence-electron chi connectivity index (χ1n) is 7.71. The molecular formula is C18H17F4NO2S. The standard InChI is InChI=1S/C18H17F4NO2S/c1-11-8-14(19)15(9-16(11)26-10-18(20,21)22)23-7-6-12-2-4-13(5-3-12)17(24)25/h2-5,8-9,23H,6-7,10H2,1H3,(H,24,25). The minimum atomic E-state index is -4.29. The molecule has 0 unspecified atom stereocenters. The Morgan fingerprint density at radius 3 is 2.42 bits per heavy atom. The number of aryl methyl sites for hydroxylation is 1. The maximum atomic E-state index is 14.0. The monoisotopic (exact) mass is 387 g/mol. The van der Waals surface area contributed by atoms with Gasteiger partial charge in [-0.05, 0) is 48.7 Å². The van der Waals surface area contributed by atoms with Crippen molar-refractivity contribution in [3.8, 4) is 0 Å². The highest BCUT2D eigenvalue weighted by Crippen LogP contribution is 2.32. The minimum Gasteiger partial charge on any atom is -0.478 e. The Balaban J connectivity index is 1.99. The van der Waals surface area contributed by atoms with Crippen LogP contribution in [-0.4, -0.2) is 29.5 Å². The van der Waals surface area contributed by atoms with Gasteiger partial charge in [0.05, 0.1) is 17.0 Å². The maximum absolute atomic E-state index is 14.0. The summed E-state index contributed by atoms with van der Waals surface area (Å²) in [6.45, 7) is 1.92. The van der Waals surface area contributed by atoms with Crippen molar-refractivity contribution in [1.29, 1.82) is 0 Å². The summed E-state index contributed by atoms with van der Waals surface area (Å²) in [4.78, 5) is 11.2. The Hall–Kier alpha value is -2.22. The molecule has 2 aromatic carbocycles. The lowest BCUT2D eigenvalue weighted by atomic mass is 10.1. The molecule has 0 spiro atoms. The topological polar surface area (TPSA) is 49.3 Å². The number of rotatable bonds is 7. The lowest BCUT2D eigenvalue weighted by Gasteiger charge is -2.13. The molecule has 0 heterocycles. The average Bonchev–Trinajstić information content (AvgIpc) is 2.55. The smallest absolute Gasteiger partial charge is 0.398 e. The number of thioether (sulfide) groups is 1. The predicted molar refractivity (Wildman–Crippen MR) is 93.5 cm³/mol. The van der Waals surface area contributed by atoms with Gasteiger partial charge in [-0.25, -0.2) is 9.18 Å². The second-order valence-corrected chi connectivity index (χ2v) is 6.70. The number of halogens is 4. The Labute approximate surface area is 152 Å². The van der Waals surface area contributed by atoms with Gasteiger partial charge in [0, 0.05) is 11.4 Å². The van der Waals surface area contributed by atoms with Gasteiger partial charge in [-0.1, -0.05) is 12.1 Å². The van der Waals surface area contributed by atoms with Gasteiger partial charge in [0.15, 0.2) is 0 Å². The van der Waals surface area contributed by atoms with Crippen molar-refractivity contribution in [1.82, 2.24) is 0 Å². The largest absolute Gasteiger partial charge is 0.478 e. The van der Waals surface area contributed by atoms with Crippen LogP contribution in [0.3, 0.4) is 0 Å². The fraction of sp³-hybridized carbons (Fsp3) is 0.278. The molecular weight excluding hydrogens is 370 g/mol. The van der Waals surface area contributed by atoms with E-state index in [9.17, 15) is 22.4 Å². The third-order valence-electron chi connectivity index (χ3n) is 3.59. The summed E-state index contributed by atoms with van der Waals surface area (Å²) in [7, 11) is 0. The first-order valence-corrected chi connectivity index (χ1v) is 8.70. The van der Waals surface area contributed by atoms with E-state index < -0.39 is 23.7 Å². The molecule has 2 aromatic rings. The minimum absolute atomic E-state index is 0.141. The van der Waals surface area contributed by atoms with E-state index in [0.29, 0.717) is 35.2 Å². The van der Waals surface area contributed by atoms with E-state index in [1.165, 1.54) is 24.3 Å². The Morgan fingerprint density at radius 2 is 1.85 bits per heavy atom. The van der Waals surface area contributed by atoms with Crippen LogP contribution in [0.25, 0.3) is 0 Å². The molecule has 0 amide bonds. The zero-order valence-electron chi connectivity index (χ0n) is 13.9. The number of alkyl halides is 3. The zero-order chi connectivity index (χ0) is 19.3. The highest BCUT2D eigenvalue weighted by Gasteiger charge is 2.27. The molecule has 0 bridgehead atoms. The van der Waals surface area contributed by atoms with Crippen molar-refractivity contribution in [2.45, 2.75) is 24.4 Å². The van der Waals surface area contributed by atoms with Crippen LogP contribution in [0.1, 0.15) is 21.5 Å². The van der Waals surface area contributed by atoms with Crippen LogP contribution < -0.4 is 5.32 Å². The first kappa shape index (κ1) is 20.1. The summed E-state index contributed by atoms with van der Waals surface area (Å²) >= 11 is 0.624. The number of hydrogen-bond donors (Lipinski definition) is 2. The van der Waals surface area contributed by atoms with E-state index in [1.54, 1.807) is 19.1 Å². The molecule has 8 heteroatoms. The molecule has 0 saturated heterocycles. The van der Waals surface area contributed by atoms with E-state index in [1.807, 2.05) is 0 Å². The van der Waals surface area contributed by atoms with Gasteiger partial charge in [-0.2, -0.15) is 13.2 Å². The van der Waals surface area contributed by atoms with E-state index in [4.69, 9.17) is 5.11 Å². The summed E-state index contributed by atoms with van der Waals surface area (Å²) in [6.07, 6.45) is -3.78. The van der Waals surface area contributed by atoms with Crippen molar-refractivity contribution in [2.75, 3.05) is 17.6 Å². The number of nitrogens with one attached hydrogen (secondary N) is 1. The van der Waals surface area contributed by atoms with Gasteiger partial charge in [-0.15, -0.1) is 11.8 Å².